The third-order valence-corrected chi connectivity index (χ3v) is 7.62. The van der Waals surface area contributed by atoms with Crippen molar-refractivity contribution in [3.63, 3.8) is 0 Å². The first kappa shape index (κ1) is 18.0. The number of hydrogen-bond acceptors (Lipinski definition) is 4. The minimum Gasteiger partial charge on any atom is -0.311 e. The zero-order valence-corrected chi connectivity index (χ0v) is 17.5. The van der Waals surface area contributed by atoms with E-state index >= 15 is 0 Å². The molecule has 5 heterocycles. The van der Waals surface area contributed by atoms with Gasteiger partial charge in [0.15, 0.2) is 0 Å². The Labute approximate surface area is 179 Å². The molecule has 3 aromatic heterocycles. The fraction of sp³-hybridized carbons (Fsp3) is 0.280. The molecule has 1 fully saturated rings. The van der Waals surface area contributed by atoms with E-state index in [1.165, 1.54) is 32.6 Å². The molecule has 0 unspecified atom stereocenters. The minimum atomic E-state index is 0.141. The van der Waals surface area contributed by atoms with Crippen molar-refractivity contribution in [2.45, 2.75) is 25.4 Å². The molecule has 0 amide bonds. The average molecular weight is 414 g/mol. The van der Waals surface area contributed by atoms with Gasteiger partial charge in [0, 0.05) is 65.2 Å². The molecule has 4 aromatic rings. The van der Waals surface area contributed by atoms with Crippen molar-refractivity contribution in [2.75, 3.05) is 13.1 Å². The van der Waals surface area contributed by atoms with Gasteiger partial charge in [-0.05, 0) is 48.1 Å². The number of hydrogen-bond donors (Lipinski definition) is 0. The molecule has 150 valence electrons. The van der Waals surface area contributed by atoms with E-state index in [1.54, 1.807) is 6.07 Å². The van der Waals surface area contributed by atoms with E-state index in [2.05, 4.69) is 63.0 Å². The molecule has 0 saturated carbocycles. The monoisotopic (exact) mass is 413 g/mol. The van der Waals surface area contributed by atoms with Gasteiger partial charge in [0.05, 0.1) is 5.69 Å². The highest BCUT2D eigenvalue weighted by molar-refractivity contribution is 7.22. The smallest absolute Gasteiger partial charge is 0.250 e. The van der Waals surface area contributed by atoms with Crippen LogP contribution in [0.15, 0.2) is 71.7 Å². The third-order valence-electron chi connectivity index (χ3n) is 6.47. The molecule has 30 heavy (non-hydrogen) atoms. The number of rotatable bonds is 3. The molecule has 0 spiro atoms. The first-order valence-electron chi connectivity index (χ1n) is 10.6. The first-order chi connectivity index (χ1) is 14.7. The number of likely N-dealkylation sites (tertiary alicyclic amines) is 1. The van der Waals surface area contributed by atoms with Crippen LogP contribution in [0.3, 0.4) is 0 Å². The van der Waals surface area contributed by atoms with Crippen molar-refractivity contribution >= 4 is 21.4 Å². The second-order valence-corrected chi connectivity index (χ2v) is 9.63. The number of pyridine rings is 2. The van der Waals surface area contributed by atoms with E-state index in [9.17, 15) is 4.79 Å². The van der Waals surface area contributed by atoms with Crippen LogP contribution in [-0.4, -0.2) is 27.5 Å². The fourth-order valence-electron chi connectivity index (χ4n) is 5.29. The van der Waals surface area contributed by atoms with Gasteiger partial charge >= 0.3 is 0 Å². The van der Waals surface area contributed by atoms with Crippen LogP contribution >= 0.6 is 11.3 Å². The lowest BCUT2D eigenvalue weighted by molar-refractivity contribution is 0.113. The molecule has 2 atom stereocenters. The number of piperidine rings is 1. The molecular formula is C25H23N3OS. The summed E-state index contributed by atoms with van der Waals surface area (Å²) in [6, 6.07) is 20.7. The summed E-state index contributed by atoms with van der Waals surface area (Å²) in [7, 11) is 0. The van der Waals surface area contributed by atoms with Gasteiger partial charge < -0.3 is 4.57 Å². The topological polar surface area (TPSA) is 38.1 Å². The largest absolute Gasteiger partial charge is 0.311 e. The molecule has 1 saturated heterocycles. The van der Waals surface area contributed by atoms with E-state index in [4.69, 9.17) is 0 Å². The number of aromatic nitrogens is 2. The van der Waals surface area contributed by atoms with Crippen LogP contribution in [-0.2, 0) is 13.1 Å². The zero-order valence-electron chi connectivity index (χ0n) is 16.7. The molecule has 5 heteroatoms. The van der Waals surface area contributed by atoms with E-state index < -0.39 is 0 Å². The maximum absolute atomic E-state index is 12.8. The Balaban J connectivity index is 1.40. The highest BCUT2D eigenvalue weighted by atomic mass is 32.1. The molecule has 0 radical (unpaired) electrons. The Morgan fingerprint density at radius 1 is 1.00 bits per heavy atom. The van der Waals surface area contributed by atoms with E-state index in [0.717, 1.165) is 31.9 Å². The van der Waals surface area contributed by atoms with Crippen molar-refractivity contribution in [3.05, 3.63) is 88.6 Å². The van der Waals surface area contributed by atoms with Crippen LogP contribution in [0.4, 0.5) is 0 Å². The van der Waals surface area contributed by atoms with Crippen molar-refractivity contribution in [3.8, 4) is 10.4 Å². The number of fused-ring (bicyclic) bond motifs is 5. The van der Waals surface area contributed by atoms with Crippen LogP contribution in [0.1, 0.15) is 23.7 Å². The van der Waals surface area contributed by atoms with Crippen LogP contribution in [0.5, 0.6) is 0 Å². The molecule has 0 N–H and O–H groups in total. The van der Waals surface area contributed by atoms with Gasteiger partial charge in [-0.2, -0.15) is 0 Å². The van der Waals surface area contributed by atoms with Crippen molar-refractivity contribution in [1.82, 2.24) is 14.5 Å². The third kappa shape index (κ3) is 3.09. The first-order valence-corrected chi connectivity index (χ1v) is 11.4. The SMILES string of the molecule is O=c1ccc(-c2cc3ccccc3s2)c2n1C[C@H]1C[C@H]2CN(Cc2ccccn2)C1. The van der Waals surface area contributed by atoms with Gasteiger partial charge in [0.1, 0.15) is 0 Å². The normalized spacial score (nSPS) is 20.9. The van der Waals surface area contributed by atoms with Crippen molar-refractivity contribution in [2.24, 2.45) is 5.92 Å². The summed E-state index contributed by atoms with van der Waals surface area (Å²) >= 11 is 1.82. The maximum atomic E-state index is 12.8. The van der Waals surface area contributed by atoms with Crippen LogP contribution in [0.25, 0.3) is 20.5 Å². The quantitative estimate of drug-likeness (QED) is 0.487. The number of benzene rings is 1. The molecule has 2 aliphatic heterocycles. The van der Waals surface area contributed by atoms with Crippen LogP contribution < -0.4 is 5.56 Å². The average Bonchev–Trinajstić information content (AvgIpc) is 3.19. The molecular weight excluding hydrogens is 390 g/mol. The summed E-state index contributed by atoms with van der Waals surface area (Å²) in [5.41, 5.74) is 3.73. The van der Waals surface area contributed by atoms with Gasteiger partial charge in [-0.15, -0.1) is 11.3 Å². The van der Waals surface area contributed by atoms with Crippen LogP contribution in [0.2, 0.25) is 0 Å². The van der Waals surface area contributed by atoms with Gasteiger partial charge in [-0.3, -0.25) is 14.7 Å². The Hall–Kier alpha value is -2.76. The predicted octanol–water partition coefficient (Wildman–Crippen LogP) is 4.74. The van der Waals surface area contributed by atoms with Gasteiger partial charge in [0.2, 0.25) is 0 Å². The second-order valence-electron chi connectivity index (χ2n) is 8.54. The summed E-state index contributed by atoms with van der Waals surface area (Å²) in [5, 5.41) is 1.27. The van der Waals surface area contributed by atoms with Gasteiger partial charge in [-0.25, -0.2) is 0 Å². The highest BCUT2D eigenvalue weighted by Gasteiger charge is 2.36. The fourth-order valence-corrected chi connectivity index (χ4v) is 6.38. The Morgan fingerprint density at radius 3 is 2.77 bits per heavy atom. The van der Waals surface area contributed by atoms with Gasteiger partial charge in [0.25, 0.3) is 5.56 Å². The summed E-state index contributed by atoms with van der Waals surface area (Å²) in [6.45, 7) is 3.71. The second kappa shape index (κ2) is 7.18. The molecule has 6 rings (SSSR count). The van der Waals surface area contributed by atoms with Crippen molar-refractivity contribution < 1.29 is 0 Å². The highest BCUT2D eigenvalue weighted by Crippen LogP contribution is 2.42. The van der Waals surface area contributed by atoms with E-state index in [1.807, 2.05) is 23.6 Å². The number of nitrogens with zero attached hydrogens (tertiary/aromatic N) is 3. The zero-order chi connectivity index (χ0) is 20.1. The van der Waals surface area contributed by atoms with E-state index in [-0.39, 0.29) is 5.56 Å². The Morgan fingerprint density at radius 2 is 1.90 bits per heavy atom. The minimum absolute atomic E-state index is 0.141. The van der Waals surface area contributed by atoms with E-state index in [0.29, 0.717) is 11.8 Å². The summed E-state index contributed by atoms with van der Waals surface area (Å²) in [5.74, 6) is 0.908. The molecule has 2 aliphatic rings. The van der Waals surface area contributed by atoms with Crippen LogP contribution in [0, 0.1) is 5.92 Å². The maximum Gasteiger partial charge on any atom is 0.250 e. The molecule has 2 bridgehead atoms. The van der Waals surface area contributed by atoms with Crippen molar-refractivity contribution in [1.29, 1.82) is 0 Å². The standard InChI is InChI=1S/C25H23N3OS/c29-24-9-8-21(23-12-18-5-1-2-7-22(18)30-23)25-19-11-17(14-28(24)25)13-27(15-19)16-20-6-3-4-10-26-20/h1-10,12,17,19H,11,13-16H2/t17-,19-/m0/s1. The molecule has 4 nitrogen and oxygen atoms in total. The Kier molecular flexibility index (Phi) is 4.32. The summed E-state index contributed by atoms with van der Waals surface area (Å²) in [6.07, 6.45) is 3.04. The summed E-state index contributed by atoms with van der Waals surface area (Å²) in [4.78, 5) is 21.1. The lowest BCUT2D eigenvalue weighted by atomic mass is 9.81. The molecule has 1 aromatic carbocycles. The summed E-state index contributed by atoms with van der Waals surface area (Å²) < 4.78 is 3.36. The molecule has 0 aliphatic carbocycles. The van der Waals surface area contributed by atoms with Gasteiger partial charge in [-0.1, -0.05) is 24.3 Å². The number of thiophene rings is 1. The lowest BCUT2D eigenvalue weighted by Gasteiger charge is -2.43. The Bertz CT molecular complexity index is 1240. The lowest BCUT2D eigenvalue weighted by Crippen LogP contribution is -2.47. The predicted molar refractivity (Wildman–Crippen MR) is 122 cm³/mol.